The van der Waals surface area contributed by atoms with Crippen molar-refractivity contribution in [3.8, 4) is 0 Å². The van der Waals surface area contributed by atoms with Gasteiger partial charge in [-0.15, -0.1) is 0 Å². The summed E-state index contributed by atoms with van der Waals surface area (Å²) in [7, 11) is 0. The van der Waals surface area contributed by atoms with Crippen molar-refractivity contribution < 1.29 is 17.9 Å². The van der Waals surface area contributed by atoms with Gasteiger partial charge in [0.2, 0.25) is 0 Å². The molecule has 19 heavy (non-hydrogen) atoms. The van der Waals surface area contributed by atoms with E-state index in [1.54, 1.807) is 0 Å². The van der Waals surface area contributed by atoms with Crippen molar-refractivity contribution in [2.45, 2.75) is 32.4 Å². The average molecular weight is 273 g/mol. The first-order valence-corrected chi connectivity index (χ1v) is 6.54. The molecule has 1 fully saturated rings. The lowest BCUT2D eigenvalue weighted by molar-refractivity contribution is 0.0947. The van der Waals surface area contributed by atoms with Crippen molar-refractivity contribution in [1.82, 2.24) is 5.32 Å². The van der Waals surface area contributed by atoms with E-state index in [-0.39, 0.29) is 17.6 Å². The van der Waals surface area contributed by atoms with Gasteiger partial charge in [-0.25, -0.2) is 13.2 Å². The first-order chi connectivity index (χ1) is 9.04. The number of ether oxygens (including phenoxy) is 1. The number of halogens is 3. The summed E-state index contributed by atoms with van der Waals surface area (Å²) in [6.07, 6.45) is 0.655. The minimum Gasteiger partial charge on any atom is -0.378 e. The van der Waals surface area contributed by atoms with Crippen molar-refractivity contribution in [1.29, 1.82) is 0 Å². The highest BCUT2D eigenvalue weighted by Gasteiger charge is 2.35. The fourth-order valence-electron chi connectivity index (χ4n) is 2.72. The van der Waals surface area contributed by atoms with Gasteiger partial charge in [0.05, 0.1) is 6.10 Å². The maximum absolute atomic E-state index is 13.9. The summed E-state index contributed by atoms with van der Waals surface area (Å²) in [4.78, 5) is 0. The summed E-state index contributed by atoms with van der Waals surface area (Å²) < 4.78 is 46.3. The third kappa shape index (κ3) is 2.92. The zero-order valence-corrected chi connectivity index (χ0v) is 11.1. The van der Waals surface area contributed by atoms with Crippen LogP contribution in [0.5, 0.6) is 0 Å². The van der Waals surface area contributed by atoms with Gasteiger partial charge in [0, 0.05) is 36.3 Å². The molecule has 2 nitrogen and oxygen atoms in total. The zero-order chi connectivity index (χ0) is 14.0. The second-order valence-electron chi connectivity index (χ2n) is 4.85. The Morgan fingerprint density at radius 2 is 1.95 bits per heavy atom. The molecule has 5 heteroatoms. The normalized spacial score (nSPS) is 24.7. The third-order valence-corrected chi connectivity index (χ3v) is 3.64. The predicted molar refractivity (Wildman–Crippen MR) is 66.3 cm³/mol. The van der Waals surface area contributed by atoms with Crippen LogP contribution in [0.4, 0.5) is 13.2 Å². The minimum absolute atomic E-state index is 0.0191. The number of rotatable bonds is 4. The van der Waals surface area contributed by atoms with Crippen LogP contribution in [0, 0.1) is 23.4 Å². The lowest BCUT2D eigenvalue weighted by Gasteiger charge is -2.27. The molecule has 1 saturated heterocycles. The Morgan fingerprint density at radius 3 is 2.42 bits per heavy atom. The van der Waals surface area contributed by atoms with Crippen molar-refractivity contribution >= 4 is 0 Å². The van der Waals surface area contributed by atoms with E-state index in [0.29, 0.717) is 13.2 Å². The van der Waals surface area contributed by atoms with Crippen molar-refractivity contribution in [2.75, 3.05) is 13.2 Å². The van der Waals surface area contributed by atoms with E-state index >= 15 is 0 Å². The van der Waals surface area contributed by atoms with Crippen LogP contribution in [0.25, 0.3) is 0 Å². The molecular formula is C14H18F3NO. The van der Waals surface area contributed by atoms with E-state index in [0.717, 1.165) is 18.6 Å². The van der Waals surface area contributed by atoms with E-state index in [9.17, 15) is 13.2 Å². The lowest BCUT2D eigenvalue weighted by Crippen LogP contribution is -2.33. The molecular weight excluding hydrogens is 255 g/mol. The van der Waals surface area contributed by atoms with Crippen molar-refractivity contribution in [2.24, 2.45) is 5.92 Å². The van der Waals surface area contributed by atoms with E-state index in [1.165, 1.54) is 0 Å². The largest absolute Gasteiger partial charge is 0.378 e. The van der Waals surface area contributed by atoms with Crippen molar-refractivity contribution in [3.63, 3.8) is 0 Å². The van der Waals surface area contributed by atoms with Gasteiger partial charge in [0.1, 0.15) is 17.5 Å². The molecule has 0 aromatic heterocycles. The van der Waals surface area contributed by atoms with Crippen molar-refractivity contribution in [3.05, 3.63) is 35.1 Å². The molecule has 0 spiro atoms. The monoisotopic (exact) mass is 273 g/mol. The highest BCUT2D eigenvalue weighted by Crippen LogP contribution is 2.35. The topological polar surface area (TPSA) is 21.3 Å². The zero-order valence-electron chi connectivity index (χ0n) is 11.1. The summed E-state index contributed by atoms with van der Waals surface area (Å²) in [5.74, 6) is -2.61. The fourth-order valence-corrected chi connectivity index (χ4v) is 2.72. The highest BCUT2D eigenvalue weighted by atomic mass is 19.1. The third-order valence-electron chi connectivity index (χ3n) is 3.64. The highest BCUT2D eigenvalue weighted by molar-refractivity contribution is 5.25. The van der Waals surface area contributed by atoms with Crippen LogP contribution in [0.15, 0.2) is 12.1 Å². The number of benzene rings is 1. The van der Waals surface area contributed by atoms with Gasteiger partial charge in [-0.1, -0.05) is 6.92 Å². The van der Waals surface area contributed by atoms with Crippen LogP contribution in [-0.4, -0.2) is 19.3 Å². The Balaban J connectivity index is 2.38. The van der Waals surface area contributed by atoms with E-state index in [4.69, 9.17) is 4.74 Å². The molecule has 1 aliphatic rings. The molecule has 3 unspecified atom stereocenters. The maximum atomic E-state index is 13.9. The average Bonchev–Trinajstić information content (AvgIpc) is 2.73. The van der Waals surface area contributed by atoms with E-state index < -0.39 is 23.5 Å². The second-order valence-corrected chi connectivity index (χ2v) is 4.85. The molecule has 1 aromatic rings. The molecule has 0 saturated carbocycles. The van der Waals surface area contributed by atoms with Gasteiger partial charge in [0.25, 0.3) is 0 Å². The number of hydrogen-bond acceptors (Lipinski definition) is 2. The van der Waals surface area contributed by atoms with Crippen LogP contribution in [0.1, 0.15) is 31.9 Å². The smallest absolute Gasteiger partial charge is 0.133 e. The summed E-state index contributed by atoms with van der Waals surface area (Å²) in [5.41, 5.74) is -0.0920. The lowest BCUT2D eigenvalue weighted by atomic mass is 9.87. The maximum Gasteiger partial charge on any atom is 0.133 e. The van der Waals surface area contributed by atoms with Gasteiger partial charge in [-0.2, -0.15) is 0 Å². The van der Waals surface area contributed by atoms with Gasteiger partial charge < -0.3 is 10.1 Å². The number of nitrogens with one attached hydrogen (secondary N) is 1. The molecule has 0 bridgehead atoms. The van der Waals surface area contributed by atoms with E-state index in [1.807, 2.05) is 13.8 Å². The fraction of sp³-hybridized carbons (Fsp3) is 0.571. The summed E-state index contributed by atoms with van der Waals surface area (Å²) in [6, 6.07) is 0.954. The summed E-state index contributed by atoms with van der Waals surface area (Å²) in [5, 5.41) is 3.09. The van der Waals surface area contributed by atoms with Crippen LogP contribution in [-0.2, 0) is 4.74 Å². The Labute approximate surface area is 111 Å². The van der Waals surface area contributed by atoms with Crippen LogP contribution in [0.2, 0.25) is 0 Å². The van der Waals surface area contributed by atoms with Gasteiger partial charge in [0.15, 0.2) is 0 Å². The molecule has 0 radical (unpaired) electrons. The van der Waals surface area contributed by atoms with Gasteiger partial charge in [-0.3, -0.25) is 0 Å². The summed E-state index contributed by atoms with van der Waals surface area (Å²) >= 11 is 0. The Hall–Kier alpha value is -1.07. The molecule has 106 valence electrons. The van der Waals surface area contributed by atoms with E-state index in [2.05, 4.69) is 5.32 Å². The standard InChI is InChI=1S/C14H18F3NO/c1-3-18-14(10-4-5-19-8(10)2)13-11(16)6-9(15)7-12(13)17/h6-8,10,14,18H,3-5H2,1-2H3. The quantitative estimate of drug-likeness (QED) is 0.909. The Bertz CT molecular complexity index is 429. The Kier molecular flexibility index (Phi) is 4.47. The molecule has 1 heterocycles. The molecule has 2 rings (SSSR count). The molecule has 0 amide bonds. The first kappa shape index (κ1) is 14.3. The van der Waals surface area contributed by atoms with Gasteiger partial charge in [-0.05, 0) is 19.9 Å². The molecule has 1 aliphatic heterocycles. The van der Waals surface area contributed by atoms with Crippen LogP contribution in [0.3, 0.4) is 0 Å². The molecule has 1 aromatic carbocycles. The molecule has 1 N–H and O–H groups in total. The molecule has 3 atom stereocenters. The minimum atomic E-state index is -0.898. The van der Waals surface area contributed by atoms with Crippen LogP contribution < -0.4 is 5.32 Å². The predicted octanol–water partition coefficient (Wildman–Crippen LogP) is 3.18. The second kappa shape index (κ2) is 5.92. The van der Waals surface area contributed by atoms with Gasteiger partial charge >= 0.3 is 0 Å². The summed E-state index contributed by atoms with van der Waals surface area (Å²) in [6.45, 7) is 4.91. The van der Waals surface area contributed by atoms with Crippen LogP contribution >= 0.6 is 0 Å². The SMILES string of the molecule is CCNC(c1c(F)cc(F)cc1F)C1CCOC1C. The number of hydrogen-bond donors (Lipinski definition) is 1. The Morgan fingerprint density at radius 1 is 1.32 bits per heavy atom. The first-order valence-electron chi connectivity index (χ1n) is 6.54. The molecule has 0 aliphatic carbocycles.